The molecule has 0 fully saturated rings. The van der Waals surface area contributed by atoms with Gasteiger partial charge in [0, 0.05) is 31.3 Å². The number of ether oxygens (including phenoxy) is 2. The van der Waals surface area contributed by atoms with Gasteiger partial charge in [-0.15, -0.1) is 0 Å². The van der Waals surface area contributed by atoms with Crippen molar-refractivity contribution in [2.75, 3.05) is 19.5 Å². The number of nitrogens with zero attached hydrogens (tertiary/aromatic N) is 4. The minimum absolute atomic E-state index is 0.00812. The predicted octanol–water partition coefficient (Wildman–Crippen LogP) is 3.53. The van der Waals surface area contributed by atoms with Crippen LogP contribution in [-0.2, 0) is 13.6 Å². The fraction of sp³-hybridized carbons (Fsp3) is 0.409. The van der Waals surface area contributed by atoms with Crippen molar-refractivity contribution in [1.29, 1.82) is 0 Å². The first kappa shape index (κ1) is 23.5. The van der Waals surface area contributed by atoms with Crippen molar-refractivity contribution in [3.8, 4) is 11.5 Å². The van der Waals surface area contributed by atoms with Crippen LogP contribution in [-0.4, -0.2) is 45.9 Å². The molecule has 3 aromatic rings. The molecule has 12 heteroatoms. The zero-order valence-electron chi connectivity index (χ0n) is 19.1. The first-order valence-electron chi connectivity index (χ1n) is 10.5. The molecule has 3 heterocycles. The summed E-state index contributed by atoms with van der Waals surface area (Å²) in [5.41, 5.74) is 2.28. The number of methoxy groups -OCH3 is 2. The number of fused-ring (bicyclic) bond motifs is 1. The van der Waals surface area contributed by atoms with Crippen LogP contribution in [0, 0.1) is 6.92 Å². The van der Waals surface area contributed by atoms with Gasteiger partial charge in [0.25, 0.3) is 5.91 Å². The molecule has 9 nitrogen and oxygen atoms in total. The summed E-state index contributed by atoms with van der Waals surface area (Å²) in [5, 5.41) is 13.8. The van der Waals surface area contributed by atoms with E-state index in [1.807, 2.05) is 6.92 Å². The van der Waals surface area contributed by atoms with Gasteiger partial charge in [-0.1, -0.05) is 6.07 Å². The molecule has 2 N–H and O–H groups in total. The summed E-state index contributed by atoms with van der Waals surface area (Å²) in [6.07, 6.45) is -2.07. The molecule has 0 saturated heterocycles. The Morgan fingerprint density at radius 2 is 1.94 bits per heavy atom. The van der Waals surface area contributed by atoms with E-state index < -0.39 is 24.2 Å². The normalized spacial score (nSPS) is 17.6. The molecular formula is C22H25F3N6O3. The molecular weight excluding hydrogens is 453 g/mol. The Morgan fingerprint density at radius 3 is 2.56 bits per heavy atom. The van der Waals surface area contributed by atoms with E-state index >= 15 is 0 Å². The largest absolute Gasteiger partial charge is 0.493 e. The second kappa shape index (κ2) is 8.92. The predicted molar refractivity (Wildman–Crippen MR) is 117 cm³/mol. The maximum Gasteiger partial charge on any atom is 0.410 e. The standard InChI is InChI=1S/C22H25F3N6O3/c1-12-14(10-27-30(12)2)9-26-21(32)15-11-28-31-19(22(23,24)25)8-16(29-20(15)31)13-5-6-17(33-3)18(7-13)34-4/h5-7,10-11,16,19,29H,8-9H2,1-4H3,(H,26,32)/t16-,19+/m1/s1. The van der Waals surface area contributed by atoms with Crippen LogP contribution >= 0.6 is 0 Å². The van der Waals surface area contributed by atoms with Crippen molar-refractivity contribution in [2.45, 2.75) is 38.1 Å². The number of amides is 1. The number of aromatic nitrogens is 4. The summed E-state index contributed by atoms with van der Waals surface area (Å²) in [5.74, 6) is 0.333. The van der Waals surface area contributed by atoms with Gasteiger partial charge < -0.3 is 20.1 Å². The van der Waals surface area contributed by atoms with Gasteiger partial charge in [0.1, 0.15) is 11.4 Å². The zero-order valence-corrected chi connectivity index (χ0v) is 19.1. The number of hydrogen-bond acceptors (Lipinski definition) is 6. The number of nitrogens with one attached hydrogen (secondary N) is 2. The topological polar surface area (TPSA) is 95.2 Å². The van der Waals surface area contributed by atoms with Crippen LogP contribution in [0.15, 0.2) is 30.6 Å². The van der Waals surface area contributed by atoms with E-state index in [0.717, 1.165) is 22.1 Å². The van der Waals surface area contributed by atoms with E-state index in [4.69, 9.17) is 9.47 Å². The molecule has 1 amide bonds. The summed E-state index contributed by atoms with van der Waals surface area (Å²) in [6.45, 7) is 2.05. The van der Waals surface area contributed by atoms with Crippen molar-refractivity contribution in [3.63, 3.8) is 0 Å². The number of rotatable bonds is 6. The molecule has 0 saturated carbocycles. The Bertz CT molecular complexity index is 1200. The molecule has 4 rings (SSSR count). The molecule has 0 aliphatic carbocycles. The molecule has 34 heavy (non-hydrogen) atoms. The van der Waals surface area contributed by atoms with E-state index in [-0.39, 0.29) is 24.3 Å². The third-order valence-electron chi connectivity index (χ3n) is 6.07. The summed E-state index contributed by atoms with van der Waals surface area (Å²) in [7, 11) is 4.72. The average Bonchev–Trinajstić information content (AvgIpc) is 3.38. The highest BCUT2D eigenvalue weighted by Crippen LogP contribution is 2.45. The number of benzene rings is 1. The molecule has 0 spiro atoms. The van der Waals surface area contributed by atoms with Crippen molar-refractivity contribution >= 4 is 11.7 Å². The highest BCUT2D eigenvalue weighted by atomic mass is 19.4. The van der Waals surface area contributed by atoms with Gasteiger partial charge in [-0.05, 0) is 24.6 Å². The number of aryl methyl sites for hydroxylation is 1. The lowest BCUT2D eigenvalue weighted by atomic mass is 9.96. The molecule has 2 atom stereocenters. The van der Waals surface area contributed by atoms with Gasteiger partial charge in [0.05, 0.1) is 32.7 Å². The molecule has 1 aliphatic heterocycles. The fourth-order valence-electron chi connectivity index (χ4n) is 4.01. The van der Waals surface area contributed by atoms with Crippen LogP contribution in [0.2, 0.25) is 0 Å². The Morgan fingerprint density at radius 1 is 1.21 bits per heavy atom. The quantitative estimate of drug-likeness (QED) is 0.563. The molecule has 182 valence electrons. The van der Waals surface area contributed by atoms with Crippen LogP contribution in [0.4, 0.5) is 19.0 Å². The minimum atomic E-state index is -4.56. The number of carbonyl (C=O) groups excluding carboxylic acids is 1. The maximum atomic E-state index is 14.0. The number of hydrogen-bond donors (Lipinski definition) is 2. The minimum Gasteiger partial charge on any atom is -0.493 e. The van der Waals surface area contributed by atoms with Crippen LogP contribution in [0.5, 0.6) is 11.5 Å². The highest BCUT2D eigenvalue weighted by molar-refractivity contribution is 5.98. The summed E-state index contributed by atoms with van der Waals surface area (Å²) >= 11 is 0. The molecule has 0 bridgehead atoms. The van der Waals surface area contributed by atoms with E-state index in [1.54, 1.807) is 36.1 Å². The van der Waals surface area contributed by atoms with E-state index in [0.29, 0.717) is 17.1 Å². The monoisotopic (exact) mass is 478 g/mol. The van der Waals surface area contributed by atoms with Gasteiger partial charge in [0.2, 0.25) is 0 Å². The number of anilines is 1. The Hall–Kier alpha value is -3.70. The third kappa shape index (κ3) is 4.27. The van der Waals surface area contributed by atoms with Gasteiger partial charge >= 0.3 is 6.18 Å². The van der Waals surface area contributed by atoms with Gasteiger partial charge in [-0.25, -0.2) is 4.68 Å². The first-order chi connectivity index (χ1) is 16.1. The summed E-state index contributed by atoms with van der Waals surface area (Å²) in [4.78, 5) is 12.9. The van der Waals surface area contributed by atoms with Crippen molar-refractivity contribution in [1.82, 2.24) is 24.9 Å². The lowest BCUT2D eigenvalue weighted by Crippen LogP contribution is -2.36. The van der Waals surface area contributed by atoms with Gasteiger partial charge in [0.15, 0.2) is 17.5 Å². The van der Waals surface area contributed by atoms with Crippen LogP contribution in [0.25, 0.3) is 0 Å². The highest BCUT2D eigenvalue weighted by Gasteiger charge is 2.47. The number of alkyl halides is 3. The van der Waals surface area contributed by atoms with Crippen LogP contribution in [0.3, 0.4) is 0 Å². The second-order valence-corrected chi connectivity index (χ2v) is 8.02. The van der Waals surface area contributed by atoms with Crippen molar-refractivity contribution < 1.29 is 27.4 Å². The van der Waals surface area contributed by atoms with Crippen LogP contribution in [0.1, 0.15) is 45.7 Å². The summed E-state index contributed by atoms with van der Waals surface area (Å²) in [6, 6.07) is 2.30. The smallest absolute Gasteiger partial charge is 0.410 e. The molecule has 0 unspecified atom stereocenters. The van der Waals surface area contributed by atoms with Gasteiger partial charge in [-0.2, -0.15) is 23.4 Å². The molecule has 2 aromatic heterocycles. The van der Waals surface area contributed by atoms with Crippen molar-refractivity contribution in [3.05, 3.63) is 53.0 Å². The third-order valence-corrected chi connectivity index (χ3v) is 6.07. The second-order valence-electron chi connectivity index (χ2n) is 8.02. The van der Waals surface area contributed by atoms with Crippen molar-refractivity contribution in [2.24, 2.45) is 7.05 Å². The van der Waals surface area contributed by atoms with Crippen LogP contribution < -0.4 is 20.1 Å². The maximum absolute atomic E-state index is 14.0. The number of carbonyl (C=O) groups is 1. The zero-order chi connectivity index (χ0) is 24.6. The Labute approximate surface area is 193 Å². The van der Waals surface area contributed by atoms with E-state index in [9.17, 15) is 18.0 Å². The lowest BCUT2D eigenvalue weighted by molar-refractivity contribution is -0.173. The lowest BCUT2D eigenvalue weighted by Gasteiger charge is -2.34. The Balaban J connectivity index is 1.64. The number of halogens is 3. The molecule has 1 aromatic carbocycles. The van der Waals surface area contributed by atoms with Gasteiger partial charge in [-0.3, -0.25) is 9.48 Å². The SMILES string of the molecule is COc1ccc([C@H]2C[C@@H](C(F)(F)F)n3ncc(C(=O)NCc4cnn(C)c4C)c3N2)cc1OC. The first-order valence-corrected chi connectivity index (χ1v) is 10.5. The molecule has 1 aliphatic rings. The summed E-state index contributed by atoms with van der Waals surface area (Å²) < 4.78 is 54.9. The van der Waals surface area contributed by atoms with E-state index in [2.05, 4.69) is 20.8 Å². The average molecular weight is 478 g/mol. The molecule has 0 radical (unpaired) electrons. The fourth-order valence-corrected chi connectivity index (χ4v) is 4.01. The Kier molecular flexibility index (Phi) is 6.15. The van der Waals surface area contributed by atoms with E-state index in [1.165, 1.54) is 14.2 Å².